The van der Waals surface area contributed by atoms with Crippen molar-refractivity contribution in [2.45, 2.75) is 63.9 Å². The van der Waals surface area contributed by atoms with Gasteiger partial charge < -0.3 is 20.3 Å². The van der Waals surface area contributed by atoms with Gasteiger partial charge in [-0.3, -0.25) is 14.3 Å². The van der Waals surface area contributed by atoms with Crippen molar-refractivity contribution in [2.75, 3.05) is 18.5 Å². The molecule has 0 aromatic carbocycles. The first kappa shape index (κ1) is 18.7. The van der Waals surface area contributed by atoms with Crippen LogP contribution in [0.3, 0.4) is 0 Å². The van der Waals surface area contributed by atoms with E-state index in [1.54, 1.807) is 0 Å². The summed E-state index contributed by atoms with van der Waals surface area (Å²) in [4.78, 5) is 26.1. The minimum Gasteiger partial charge on any atom is -0.394 e. The summed E-state index contributed by atoms with van der Waals surface area (Å²) in [6.45, 7) is 2.49. The molecule has 1 aromatic rings. The van der Waals surface area contributed by atoms with Crippen molar-refractivity contribution >= 4 is 5.69 Å². The molecule has 3 atom stereocenters. The molecule has 1 saturated heterocycles. The fourth-order valence-electron chi connectivity index (χ4n) is 2.83. The summed E-state index contributed by atoms with van der Waals surface area (Å²) in [6.07, 6.45) is 4.95. The van der Waals surface area contributed by atoms with E-state index in [0.29, 0.717) is 12.2 Å². The van der Waals surface area contributed by atoms with E-state index in [-0.39, 0.29) is 13.0 Å². The summed E-state index contributed by atoms with van der Waals surface area (Å²) in [5.41, 5.74) is -0.762. The molecule has 8 heteroatoms. The summed E-state index contributed by atoms with van der Waals surface area (Å²) in [6, 6.07) is 0. The van der Waals surface area contributed by atoms with Gasteiger partial charge in [0.1, 0.15) is 18.0 Å². The molecule has 0 bridgehead atoms. The van der Waals surface area contributed by atoms with Crippen molar-refractivity contribution in [3.8, 4) is 0 Å². The molecule has 1 fully saturated rings. The third-order valence-electron chi connectivity index (χ3n) is 4.26. The van der Waals surface area contributed by atoms with Crippen LogP contribution in [0.1, 0.15) is 51.7 Å². The van der Waals surface area contributed by atoms with Crippen LogP contribution in [0.5, 0.6) is 0 Å². The van der Waals surface area contributed by atoms with E-state index in [4.69, 9.17) is 9.84 Å². The van der Waals surface area contributed by atoms with Crippen LogP contribution in [0, 0.1) is 0 Å². The maximum absolute atomic E-state index is 12.0. The number of H-pyrrole nitrogens is 1. The molecule has 0 radical (unpaired) electrons. The maximum atomic E-state index is 12.0. The SMILES string of the molecule is CCCCCCCNc1cn(C2CC(O)C(CO)O2)c(=O)[nH]c1=O. The highest BCUT2D eigenvalue weighted by atomic mass is 16.5. The van der Waals surface area contributed by atoms with E-state index in [9.17, 15) is 14.7 Å². The van der Waals surface area contributed by atoms with Crippen molar-refractivity contribution in [2.24, 2.45) is 0 Å². The number of aliphatic hydroxyl groups is 2. The molecule has 1 aliphatic heterocycles. The average molecular weight is 341 g/mol. The van der Waals surface area contributed by atoms with Gasteiger partial charge in [-0.1, -0.05) is 32.6 Å². The Kier molecular flexibility index (Phi) is 7.01. The molecule has 3 unspecified atom stereocenters. The lowest BCUT2D eigenvalue weighted by atomic mass is 10.1. The average Bonchev–Trinajstić information content (AvgIpc) is 2.93. The van der Waals surface area contributed by atoms with E-state index >= 15 is 0 Å². The molecular weight excluding hydrogens is 314 g/mol. The summed E-state index contributed by atoms with van der Waals surface area (Å²) < 4.78 is 6.72. The highest BCUT2D eigenvalue weighted by Gasteiger charge is 2.35. The lowest BCUT2D eigenvalue weighted by Crippen LogP contribution is -2.34. The van der Waals surface area contributed by atoms with Crippen molar-refractivity contribution in [3.63, 3.8) is 0 Å². The summed E-state index contributed by atoms with van der Waals surface area (Å²) in [5, 5.41) is 22.0. The van der Waals surface area contributed by atoms with Crippen molar-refractivity contribution in [1.82, 2.24) is 9.55 Å². The molecule has 2 heterocycles. The Morgan fingerprint density at radius 3 is 2.75 bits per heavy atom. The number of aromatic nitrogens is 2. The third kappa shape index (κ3) is 4.68. The summed E-state index contributed by atoms with van der Waals surface area (Å²) in [5.74, 6) is 0. The van der Waals surface area contributed by atoms with Crippen LogP contribution in [0.25, 0.3) is 0 Å². The van der Waals surface area contributed by atoms with Crippen LogP contribution in [-0.2, 0) is 4.74 Å². The van der Waals surface area contributed by atoms with Gasteiger partial charge in [-0.25, -0.2) is 4.79 Å². The van der Waals surface area contributed by atoms with Crippen molar-refractivity contribution < 1.29 is 14.9 Å². The second-order valence-corrected chi connectivity index (χ2v) is 6.17. The number of unbranched alkanes of at least 4 members (excludes halogenated alkanes) is 4. The molecule has 0 aliphatic carbocycles. The van der Waals surface area contributed by atoms with Gasteiger partial charge in [0.2, 0.25) is 0 Å². The van der Waals surface area contributed by atoms with E-state index < -0.39 is 29.7 Å². The van der Waals surface area contributed by atoms with Gasteiger partial charge in [-0.05, 0) is 6.42 Å². The molecule has 0 amide bonds. The summed E-state index contributed by atoms with van der Waals surface area (Å²) >= 11 is 0. The fraction of sp³-hybridized carbons (Fsp3) is 0.750. The lowest BCUT2D eigenvalue weighted by molar-refractivity contribution is -0.0458. The Morgan fingerprint density at radius 1 is 1.33 bits per heavy atom. The van der Waals surface area contributed by atoms with Crippen molar-refractivity contribution in [3.05, 3.63) is 27.0 Å². The number of aliphatic hydroxyl groups excluding tert-OH is 2. The van der Waals surface area contributed by atoms with Gasteiger partial charge in [-0.15, -0.1) is 0 Å². The Labute approximate surface area is 140 Å². The van der Waals surface area contributed by atoms with Crippen LogP contribution in [-0.4, -0.2) is 45.1 Å². The van der Waals surface area contributed by atoms with Crippen LogP contribution in [0.15, 0.2) is 15.8 Å². The zero-order valence-corrected chi connectivity index (χ0v) is 14.0. The van der Waals surface area contributed by atoms with Crippen LogP contribution in [0.2, 0.25) is 0 Å². The predicted octanol–water partition coefficient (Wildman–Crippen LogP) is 0.560. The zero-order valence-electron chi connectivity index (χ0n) is 14.0. The molecule has 1 aromatic heterocycles. The Balaban J connectivity index is 2.01. The third-order valence-corrected chi connectivity index (χ3v) is 4.26. The van der Waals surface area contributed by atoms with Gasteiger partial charge in [0.05, 0.1) is 12.7 Å². The smallest absolute Gasteiger partial charge is 0.330 e. The van der Waals surface area contributed by atoms with Gasteiger partial charge >= 0.3 is 5.69 Å². The second-order valence-electron chi connectivity index (χ2n) is 6.17. The van der Waals surface area contributed by atoms with Gasteiger partial charge in [-0.2, -0.15) is 0 Å². The van der Waals surface area contributed by atoms with Gasteiger partial charge in [0, 0.05) is 19.2 Å². The molecule has 8 nitrogen and oxygen atoms in total. The highest BCUT2D eigenvalue weighted by molar-refractivity contribution is 5.37. The second kappa shape index (κ2) is 9.00. The predicted molar refractivity (Wildman–Crippen MR) is 90.2 cm³/mol. The number of hydrogen-bond donors (Lipinski definition) is 4. The first-order chi connectivity index (χ1) is 11.6. The monoisotopic (exact) mass is 341 g/mol. The number of aromatic amines is 1. The van der Waals surface area contributed by atoms with E-state index in [2.05, 4.69) is 17.2 Å². The molecule has 2 rings (SSSR count). The normalized spacial score (nSPS) is 23.5. The molecule has 1 aliphatic rings. The Bertz CT molecular complexity index is 627. The Morgan fingerprint density at radius 2 is 2.08 bits per heavy atom. The first-order valence-corrected chi connectivity index (χ1v) is 8.60. The number of nitrogens with one attached hydrogen (secondary N) is 2. The number of ether oxygens (including phenoxy) is 1. The quantitative estimate of drug-likeness (QED) is 0.488. The van der Waals surface area contributed by atoms with E-state index in [0.717, 1.165) is 12.8 Å². The lowest BCUT2D eigenvalue weighted by Gasteiger charge is -2.15. The largest absolute Gasteiger partial charge is 0.394 e. The first-order valence-electron chi connectivity index (χ1n) is 8.60. The minimum atomic E-state index is -0.839. The topological polar surface area (TPSA) is 117 Å². The van der Waals surface area contributed by atoms with Crippen LogP contribution in [0.4, 0.5) is 5.69 Å². The molecule has 4 N–H and O–H groups in total. The molecular formula is C16H27N3O5. The van der Waals surface area contributed by atoms with Crippen LogP contribution < -0.4 is 16.6 Å². The standard InChI is InChI=1S/C16H27N3O5/c1-2-3-4-5-6-7-17-11-9-19(16(23)18-15(11)22)14-8-12(21)13(10-20)24-14/h9,12-14,17,20-21H,2-8,10H2,1H3,(H,18,22,23). The highest BCUT2D eigenvalue weighted by Crippen LogP contribution is 2.27. The fourth-order valence-corrected chi connectivity index (χ4v) is 2.83. The zero-order chi connectivity index (χ0) is 17.5. The molecule has 24 heavy (non-hydrogen) atoms. The molecule has 0 saturated carbocycles. The molecule has 0 spiro atoms. The molecule has 136 valence electrons. The van der Waals surface area contributed by atoms with Crippen LogP contribution >= 0.6 is 0 Å². The van der Waals surface area contributed by atoms with Gasteiger partial charge in [0.25, 0.3) is 5.56 Å². The van der Waals surface area contributed by atoms with E-state index in [1.807, 2.05) is 0 Å². The number of hydrogen-bond acceptors (Lipinski definition) is 6. The van der Waals surface area contributed by atoms with E-state index in [1.165, 1.54) is 30.0 Å². The summed E-state index contributed by atoms with van der Waals surface area (Å²) in [7, 11) is 0. The minimum absolute atomic E-state index is 0.188. The Hall–Kier alpha value is -1.64. The number of nitrogens with zero attached hydrogens (tertiary/aromatic N) is 1. The van der Waals surface area contributed by atoms with Crippen molar-refractivity contribution in [1.29, 1.82) is 0 Å². The number of anilines is 1. The van der Waals surface area contributed by atoms with Gasteiger partial charge in [0.15, 0.2) is 0 Å². The maximum Gasteiger partial charge on any atom is 0.330 e. The number of rotatable bonds is 9.